The van der Waals surface area contributed by atoms with Gasteiger partial charge >= 0.3 is 6.18 Å². The summed E-state index contributed by atoms with van der Waals surface area (Å²) >= 11 is 0.705. The molecule has 1 radical (unpaired) electrons. The molecule has 5 heteroatoms. The molecule has 0 aromatic carbocycles. The molecule has 0 aliphatic rings. The summed E-state index contributed by atoms with van der Waals surface area (Å²) in [6.07, 6.45) is -4.16. The van der Waals surface area contributed by atoms with Crippen LogP contribution in [0.1, 0.15) is 4.88 Å². The van der Waals surface area contributed by atoms with Crippen LogP contribution in [-0.4, -0.2) is 0 Å². The maximum absolute atomic E-state index is 11.6. The summed E-state index contributed by atoms with van der Waals surface area (Å²) in [5, 5.41) is 1.41. The Bertz CT molecular complexity index is 179. The number of hydrogen-bond acceptors (Lipinski definition) is 1. The van der Waals surface area contributed by atoms with Gasteiger partial charge in [-0.1, -0.05) is 6.07 Å². The molecule has 1 rings (SSSR count). The average Bonchev–Trinajstić information content (AvgIpc) is 2.08. The van der Waals surface area contributed by atoms with E-state index in [-0.39, 0.29) is 17.1 Å². The van der Waals surface area contributed by atoms with Crippen molar-refractivity contribution in [1.29, 1.82) is 0 Å². The molecular formula is C5H3CuF3S. The first-order valence-electron chi connectivity index (χ1n) is 2.21. The zero-order valence-corrected chi connectivity index (χ0v) is 6.33. The second kappa shape index (κ2) is 3.41. The standard InChI is InChI=1S/C5H3F3S.Cu/c6-5(7,8)4-2-1-3-9-4;/h1-3H;. The van der Waals surface area contributed by atoms with Crippen LogP contribution in [0.3, 0.4) is 0 Å². The van der Waals surface area contributed by atoms with Gasteiger partial charge in [0.05, 0.1) is 0 Å². The number of hydrogen-bond donors (Lipinski definition) is 0. The van der Waals surface area contributed by atoms with E-state index in [0.29, 0.717) is 11.3 Å². The maximum Gasteiger partial charge on any atom is 0.425 e. The number of halogens is 3. The minimum atomic E-state index is -4.16. The van der Waals surface area contributed by atoms with Gasteiger partial charge in [-0.15, -0.1) is 11.3 Å². The second-order valence-corrected chi connectivity index (χ2v) is 2.42. The van der Waals surface area contributed by atoms with Crippen LogP contribution in [0.2, 0.25) is 0 Å². The summed E-state index contributed by atoms with van der Waals surface area (Å²) in [5.41, 5.74) is 0. The largest absolute Gasteiger partial charge is 0.425 e. The topological polar surface area (TPSA) is 0 Å². The van der Waals surface area contributed by atoms with Crippen LogP contribution in [0.4, 0.5) is 13.2 Å². The number of alkyl halides is 3. The van der Waals surface area contributed by atoms with Crippen LogP contribution >= 0.6 is 11.3 Å². The molecule has 10 heavy (non-hydrogen) atoms. The summed E-state index contributed by atoms with van der Waals surface area (Å²) in [7, 11) is 0. The van der Waals surface area contributed by atoms with Crippen molar-refractivity contribution in [3.8, 4) is 0 Å². The molecule has 0 saturated heterocycles. The van der Waals surface area contributed by atoms with E-state index in [0.717, 1.165) is 6.07 Å². The molecule has 0 spiro atoms. The van der Waals surface area contributed by atoms with Crippen molar-refractivity contribution in [3.05, 3.63) is 22.4 Å². The fourth-order valence-electron chi connectivity index (χ4n) is 0.440. The molecule has 0 nitrogen and oxygen atoms in total. The zero-order chi connectivity index (χ0) is 6.91. The van der Waals surface area contributed by atoms with Gasteiger partial charge < -0.3 is 0 Å². The van der Waals surface area contributed by atoms with Crippen LogP contribution in [0, 0.1) is 0 Å². The Labute approximate surface area is 70.5 Å². The molecule has 1 aromatic heterocycles. The molecule has 0 unspecified atom stereocenters. The first-order valence-corrected chi connectivity index (χ1v) is 3.09. The second-order valence-electron chi connectivity index (χ2n) is 1.48. The molecule has 0 aliphatic carbocycles. The van der Waals surface area contributed by atoms with Crippen molar-refractivity contribution < 1.29 is 30.2 Å². The Morgan fingerprint density at radius 2 is 1.90 bits per heavy atom. The van der Waals surface area contributed by atoms with Gasteiger partial charge in [0, 0.05) is 17.1 Å². The van der Waals surface area contributed by atoms with E-state index < -0.39 is 11.1 Å². The number of rotatable bonds is 0. The summed E-state index contributed by atoms with van der Waals surface area (Å²) < 4.78 is 34.9. The van der Waals surface area contributed by atoms with Crippen LogP contribution in [-0.2, 0) is 23.2 Å². The van der Waals surface area contributed by atoms with Gasteiger partial charge in [0.2, 0.25) is 0 Å². The third kappa shape index (κ3) is 2.33. The quantitative estimate of drug-likeness (QED) is 0.584. The minimum absolute atomic E-state index is 0. The van der Waals surface area contributed by atoms with E-state index in [1.165, 1.54) is 11.4 Å². The molecule has 0 atom stereocenters. The molecule has 0 aliphatic heterocycles. The fourth-order valence-corrected chi connectivity index (χ4v) is 1.03. The molecule has 1 heterocycles. The first-order chi connectivity index (χ1) is 4.11. The van der Waals surface area contributed by atoms with Crippen molar-refractivity contribution >= 4 is 11.3 Å². The van der Waals surface area contributed by atoms with Gasteiger partial charge in [-0.25, -0.2) is 0 Å². The molecule has 0 amide bonds. The Hall–Kier alpha value is 0.00948. The molecule has 1 aromatic rings. The zero-order valence-electron chi connectivity index (χ0n) is 4.58. The van der Waals surface area contributed by atoms with Gasteiger partial charge in [-0.2, -0.15) is 13.2 Å². The van der Waals surface area contributed by atoms with Gasteiger partial charge in [-0.3, -0.25) is 0 Å². The summed E-state index contributed by atoms with van der Waals surface area (Å²) in [6, 6.07) is 2.44. The van der Waals surface area contributed by atoms with E-state index in [9.17, 15) is 13.2 Å². The smallest absolute Gasteiger partial charge is 0.165 e. The first kappa shape index (κ1) is 10.0. The Morgan fingerprint density at radius 1 is 1.30 bits per heavy atom. The third-order valence-corrected chi connectivity index (χ3v) is 1.72. The van der Waals surface area contributed by atoms with E-state index in [1.54, 1.807) is 0 Å². The van der Waals surface area contributed by atoms with Gasteiger partial charge in [-0.05, 0) is 11.4 Å². The van der Waals surface area contributed by atoms with E-state index in [2.05, 4.69) is 0 Å². The normalized spacial score (nSPS) is 10.7. The molecule has 0 N–H and O–H groups in total. The molecule has 61 valence electrons. The summed E-state index contributed by atoms with van der Waals surface area (Å²) in [6.45, 7) is 0. The van der Waals surface area contributed by atoms with Crippen molar-refractivity contribution in [3.63, 3.8) is 0 Å². The number of thiophene rings is 1. The minimum Gasteiger partial charge on any atom is -0.165 e. The molecule has 0 saturated carbocycles. The Balaban J connectivity index is 0.000000810. The predicted octanol–water partition coefficient (Wildman–Crippen LogP) is 2.76. The molecule has 0 fully saturated rings. The van der Waals surface area contributed by atoms with Crippen LogP contribution < -0.4 is 0 Å². The van der Waals surface area contributed by atoms with E-state index in [4.69, 9.17) is 0 Å². The van der Waals surface area contributed by atoms with Gasteiger partial charge in [0.15, 0.2) is 0 Å². The van der Waals surface area contributed by atoms with Crippen LogP contribution in [0.25, 0.3) is 0 Å². The third-order valence-electron chi connectivity index (χ3n) is 0.801. The van der Waals surface area contributed by atoms with Crippen molar-refractivity contribution in [2.24, 2.45) is 0 Å². The monoisotopic (exact) mass is 215 g/mol. The van der Waals surface area contributed by atoms with Crippen molar-refractivity contribution in [2.75, 3.05) is 0 Å². The van der Waals surface area contributed by atoms with E-state index in [1.807, 2.05) is 0 Å². The van der Waals surface area contributed by atoms with Crippen LogP contribution in [0.15, 0.2) is 17.5 Å². The van der Waals surface area contributed by atoms with Crippen LogP contribution in [0.5, 0.6) is 0 Å². The Morgan fingerprint density at radius 3 is 2.10 bits per heavy atom. The SMILES string of the molecule is FC(F)(F)c1cccs1.[Cu]. The fraction of sp³-hybridized carbons (Fsp3) is 0.200. The predicted molar refractivity (Wildman–Crippen MR) is 29.3 cm³/mol. The van der Waals surface area contributed by atoms with Gasteiger partial charge in [0.1, 0.15) is 4.88 Å². The van der Waals surface area contributed by atoms with Gasteiger partial charge in [0.25, 0.3) is 0 Å². The summed E-state index contributed by atoms with van der Waals surface area (Å²) in [5.74, 6) is 0. The Kier molecular flexibility index (Phi) is 3.42. The van der Waals surface area contributed by atoms with Crippen molar-refractivity contribution in [2.45, 2.75) is 6.18 Å². The summed E-state index contributed by atoms with van der Waals surface area (Å²) in [4.78, 5) is -0.539. The van der Waals surface area contributed by atoms with E-state index >= 15 is 0 Å². The molecule has 0 bridgehead atoms. The van der Waals surface area contributed by atoms with Crippen molar-refractivity contribution in [1.82, 2.24) is 0 Å². The average molecular weight is 216 g/mol. The maximum atomic E-state index is 11.6. The molecular weight excluding hydrogens is 213 g/mol.